The van der Waals surface area contributed by atoms with Gasteiger partial charge in [0.1, 0.15) is 0 Å². The summed E-state index contributed by atoms with van der Waals surface area (Å²) in [5, 5.41) is 15.2. The van der Waals surface area contributed by atoms with Crippen molar-refractivity contribution in [3.63, 3.8) is 0 Å². The average molecular weight is 431 g/mol. The second-order valence-electron chi connectivity index (χ2n) is 13.8. The lowest BCUT2D eigenvalue weighted by Gasteiger charge is -2.64. The Morgan fingerprint density at radius 2 is 1.68 bits per heavy atom. The number of hydrogen-bond acceptors (Lipinski definition) is 4. The molecule has 4 heteroatoms. The van der Waals surface area contributed by atoms with Crippen molar-refractivity contribution in [2.24, 2.45) is 44.8 Å². The van der Waals surface area contributed by atoms with Gasteiger partial charge in [0.25, 0.3) is 0 Å². The van der Waals surface area contributed by atoms with Gasteiger partial charge in [-0.05, 0) is 106 Å². The minimum Gasteiger partial charge on any atom is -0.393 e. The first-order valence-corrected chi connectivity index (χ1v) is 13.2. The molecule has 5 saturated carbocycles. The van der Waals surface area contributed by atoms with Gasteiger partial charge in [-0.3, -0.25) is 5.32 Å². The fourth-order valence-corrected chi connectivity index (χ4v) is 11.4. The summed E-state index contributed by atoms with van der Waals surface area (Å²) in [6.07, 6.45) is 10.5. The minimum absolute atomic E-state index is 0.154. The van der Waals surface area contributed by atoms with Crippen molar-refractivity contribution in [2.75, 3.05) is 27.4 Å². The second-order valence-corrected chi connectivity index (χ2v) is 13.8. The Morgan fingerprint density at radius 3 is 2.42 bits per heavy atom. The molecule has 1 saturated heterocycles. The number of ether oxygens (including phenoxy) is 1. The molecule has 6 fully saturated rings. The Labute approximate surface area is 189 Å². The summed E-state index contributed by atoms with van der Waals surface area (Å²) >= 11 is 0. The number of nitrogens with zero attached hydrogens (tertiary/aromatic N) is 1. The van der Waals surface area contributed by atoms with Gasteiger partial charge in [0, 0.05) is 23.4 Å². The highest BCUT2D eigenvalue weighted by atomic mass is 16.5. The normalized spacial score (nSPS) is 61.0. The molecule has 4 unspecified atom stereocenters. The predicted octanol–water partition coefficient (Wildman–Crippen LogP) is 4.27. The summed E-state index contributed by atoms with van der Waals surface area (Å²) in [7, 11) is 4.39. The van der Waals surface area contributed by atoms with Crippen molar-refractivity contribution in [3.05, 3.63) is 0 Å². The van der Waals surface area contributed by atoms with Crippen LogP contribution in [0, 0.1) is 44.8 Å². The molecule has 2 spiro atoms. The Hall–Kier alpha value is -0.160. The van der Waals surface area contributed by atoms with E-state index < -0.39 is 0 Å². The average Bonchev–Trinajstić information content (AvgIpc) is 3.32. The van der Waals surface area contributed by atoms with E-state index in [1.165, 1.54) is 44.9 Å². The number of hydrogen-bond donors (Lipinski definition) is 2. The Bertz CT molecular complexity index is 772. The molecule has 1 heterocycles. The van der Waals surface area contributed by atoms with Gasteiger partial charge in [-0.2, -0.15) is 0 Å². The minimum atomic E-state index is -0.154. The van der Waals surface area contributed by atoms with Gasteiger partial charge in [-0.25, -0.2) is 0 Å². The highest BCUT2D eigenvalue weighted by Crippen LogP contribution is 2.89. The Morgan fingerprint density at radius 1 is 0.968 bits per heavy atom. The zero-order valence-electron chi connectivity index (χ0n) is 20.8. The smallest absolute Gasteiger partial charge is 0.0967 e. The first-order chi connectivity index (χ1) is 14.6. The van der Waals surface area contributed by atoms with Crippen molar-refractivity contribution in [1.82, 2.24) is 10.2 Å². The van der Waals surface area contributed by atoms with E-state index in [9.17, 15) is 5.11 Å². The van der Waals surface area contributed by atoms with E-state index in [0.29, 0.717) is 34.2 Å². The summed E-state index contributed by atoms with van der Waals surface area (Å²) < 4.78 is 6.02. The van der Waals surface area contributed by atoms with Gasteiger partial charge in [0.05, 0.1) is 19.4 Å². The third-order valence-corrected chi connectivity index (χ3v) is 13.2. The predicted molar refractivity (Wildman–Crippen MR) is 123 cm³/mol. The lowest BCUT2D eigenvalue weighted by atomic mass is 9.41. The zero-order valence-corrected chi connectivity index (χ0v) is 20.8. The van der Waals surface area contributed by atoms with E-state index in [1.54, 1.807) is 0 Å². The van der Waals surface area contributed by atoms with Crippen LogP contribution in [0.1, 0.15) is 79.1 Å². The van der Waals surface area contributed by atoms with E-state index in [0.717, 1.165) is 31.6 Å². The van der Waals surface area contributed by atoms with Gasteiger partial charge < -0.3 is 14.7 Å². The monoisotopic (exact) mass is 430 g/mol. The van der Waals surface area contributed by atoms with Crippen LogP contribution in [0.4, 0.5) is 0 Å². The van der Waals surface area contributed by atoms with Crippen LogP contribution in [0.3, 0.4) is 0 Å². The molecule has 6 aliphatic rings. The lowest BCUT2D eigenvalue weighted by molar-refractivity contribution is -0.172. The fraction of sp³-hybridized carbons (Fsp3) is 1.00. The molecule has 4 nitrogen and oxygen atoms in total. The SMILES string of the molecule is CC([C@H]1[C@H](O)C[C@@]2(C)C3CCC4[C@@]5(C)COCNC5CC[C@@]45C[C@@]35CC[C@]12C)N(C)C. The molecule has 0 radical (unpaired) electrons. The van der Waals surface area contributed by atoms with Crippen LogP contribution >= 0.6 is 0 Å². The Balaban J connectivity index is 1.36. The molecule has 31 heavy (non-hydrogen) atoms. The van der Waals surface area contributed by atoms with Crippen molar-refractivity contribution in [3.8, 4) is 0 Å². The number of aliphatic hydroxyl groups excluding tert-OH is 1. The maximum Gasteiger partial charge on any atom is 0.0967 e. The summed E-state index contributed by atoms with van der Waals surface area (Å²) in [5.41, 5.74) is 1.94. The summed E-state index contributed by atoms with van der Waals surface area (Å²) in [5.74, 6) is 2.00. The van der Waals surface area contributed by atoms with Crippen LogP contribution in [-0.2, 0) is 4.74 Å². The van der Waals surface area contributed by atoms with Crippen LogP contribution in [0.2, 0.25) is 0 Å². The first kappa shape index (κ1) is 21.4. The quantitative estimate of drug-likeness (QED) is 0.687. The molecule has 176 valence electrons. The number of aliphatic hydroxyl groups is 1. The largest absolute Gasteiger partial charge is 0.393 e. The van der Waals surface area contributed by atoms with Crippen LogP contribution in [-0.4, -0.2) is 55.6 Å². The van der Waals surface area contributed by atoms with Crippen molar-refractivity contribution >= 4 is 0 Å². The third-order valence-electron chi connectivity index (χ3n) is 13.2. The number of rotatable bonds is 2. The number of nitrogens with one attached hydrogen (secondary N) is 1. The standard InChI is InChI=1S/C27H46N2O2/c1-17(29(5)6)22-18(30)13-25(4)20-8-7-19-23(2)15-31-16-28-21(23)9-10-26(19)14-27(20,26)12-11-24(22,25)3/h17-22,28,30H,7-16H2,1-6H3/t17?,18-,19?,20?,21?,22+,23-,24-,25+,26-,27+/m1/s1. The van der Waals surface area contributed by atoms with Crippen molar-refractivity contribution in [2.45, 2.75) is 97.2 Å². The molecule has 0 bridgehead atoms. The molecular weight excluding hydrogens is 384 g/mol. The van der Waals surface area contributed by atoms with Crippen LogP contribution in [0.15, 0.2) is 0 Å². The van der Waals surface area contributed by atoms with E-state index in [2.05, 4.69) is 52.0 Å². The number of fused-ring (bicyclic) bond motifs is 4. The lowest BCUT2D eigenvalue weighted by Crippen LogP contribution is -2.63. The summed E-state index contributed by atoms with van der Waals surface area (Å²) in [6.45, 7) is 11.8. The molecule has 1 aliphatic heterocycles. The molecule has 0 aromatic carbocycles. The van der Waals surface area contributed by atoms with Gasteiger partial charge >= 0.3 is 0 Å². The van der Waals surface area contributed by atoms with Gasteiger partial charge in [0.15, 0.2) is 0 Å². The van der Waals surface area contributed by atoms with Crippen molar-refractivity contribution < 1.29 is 9.84 Å². The van der Waals surface area contributed by atoms with Crippen LogP contribution in [0.5, 0.6) is 0 Å². The Kier molecular flexibility index (Phi) is 4.33. The summed E-state index contributed by atoms with van der Waals surface area (Å²) in [4.78, 5) is 2.35. The maximum atomic E-state index is 11.4. The molecular formula is C27H46N2O2. The molecule has 0 amide bonds. The maximum absolute atomic E-state index is 11.4. The second kappa shape index (κ2) is 6.29. The molecule has 6 rings (SSSR count). The summed E-state index contributed by atoms with van der Waals surface area (Å²) in [6, 6.07) is 1.08. The third kappa shape index (κ3) is 2.27. The van der Waals surface area contributed by atoms with E-state index >= 15 is 0 Å². The fourth-order valence-electron chi connectivity index (χ4n) is 11.4. The molecule has 5 aliphatic carbocycles. The van der Waals surface area contributed by atoms with Gasteiger partial charge in [-0.15, -0.1) is 0 Å². The van der Waals surface area contributed by atoms with E-state index in [-0.39, 0.29) is 16.9 Å². The molecule has 0 aromatic heterocycles. The van der Waals surface area contributed by atoms with E-state index in [1.807, 2.05) is 0 Å². The topological polar surface area (TPSA) is 44.7 Å². The van der Waals surface area contributed by atoms with Crippen LogP contribution in [0.25, 0.3) is 0 Å². The van der Waals surface area contributed by atoms with Gasteiger partial charge in [-0.1, -0.05) is 20.8 Å². The first-order valence-electron chi connectivity index (χ1n) is 13.2. The van der Waals surface area contributed by atoms with Crippen molar-refractivity contribution in [1.29, 1.82) is 0 Å². The zero-order chi connectivity index (χ0) is 22.0. The van der Waals surface area contributed by atoms with Gasteiger partial charge in [0.2, 0.25) is 0 Å². The highest BCUT2D eigenvalue weighted by Gasteiger charge is 2.83. The molecule has 0 aromatic rings. The molecule has 11 atom stereocenters. The molecule has 2 N–H and O–H groups in total. The van der Waals surface area contributed by atoms with E-state index in [4.69, 9.17) is 4.74 Å². The highest BCUT2D eigenvalue weighted by molar-refractivity contribution is 5.32. The van der Waals surface area contributed by atoms with Crippen LogP contribution < -0.4 is 5.32 Å².